The van der Waals surface area contributed by atoms with E-state index in [1.54, 1.807) is 0 Å². The fourth-order valence-electron chi connectivity index (χ4n) is 0.971. The van der Waals surface area contributed by atoms with Crippen LogP contribution in [0.1, 0.15) is 26.2 Å². The third-order valence-corrected chi connectivity index (χ3v) is 1.88. The lowest BCUT2D eigenvalue weighted by Crippen LogP contribution is -2.21. The Kier molecular flexibility index (Phi) is 1.90. The van der Waals surface area contributed by atoms with E-state index in [2.05, 4.69) is 12.2 Å². The van der Waals surface area contributed by atoms with Crippen LogP contribution >= 0.6 is 0 Å². The highest BCUT2D eigenvalue weighted by atomic mass is 14.9. The average Bonchev–Trinajstić information content (AvgIpc) is 2.50. The molecule has 0 unspecified atom stereocenters. The molecular formula is C7H15N. The fourth-order valence-corrected chi connectivity index (χ4v) is 0.971. The molecule has 0 amide bonds. The molecular weight excluding hydrogens is 98.1 g/mol. The van der Waals surface area contributed by atoms with Gasteiger partial charge in [0.25, 0.3) is 0 Å². The second-order valence-corrected chi connectivity index (χ2v) is 2.87. The summed E-state index contributed by atoms with van der Waals surface area (Å²) in [6, 6.07) is 0.738. The van der Waals surface area contributed by atoms with E-state index in [1.165, 1.54) is 19.3 Å². The first-order chi connectivity index (χ1) is 3.83. The van der Waals surface area contributed by atoms with Crippen molar-refractivity contribution in [2.24, 2.45) is 5.92 Å². The lowest BCUT2D eigenvalue weighted by atomic mass is 10.2. The molecule has 0 aromatic carbocycles. The Labute approximate surface area is 51.5 Å². The summed E-state index contributed by atoms with van der Waals surface area (Å²) in [5.74, 6) is 1.07. The first-order valence-corrected chi connectivity index (χ1v) is 3.50. The van der Waals surface area contributed by atoms with E-state index in [0.29, 0.717) is 0 Å². The summed E-state index contributed by atoms with van der Waals surface area (Å²) >= 11 is 0. The van der Waals surface area contributed by atoms with Gasteiger partial charge in [-0.1, -0.05) is 12.8 Å². The molecule has 0 aromatic heterocycles. The fraction of sp³-hybridized carbons (Fsp3) is 1.00. The van der Waals surface area contributed by atoms with Crippen molar-refractivity contribution >= 4 is 0 Å². The smallest absolute Gasteiger partial charge is 0.00383 e. The van der Waals surface area contributed by atoms with Gasteiger partial charge in [-0.3, -0.25) is 0 Å². The minimum atomic E-state index is 0.738. The molecule has 0 spiro atoms. The van der Waals surface area contributed by atoms with Crippen molar-refractivity contribution in [1.29, 1.82) is 0 Å². The molecule has 0 saturated heterocycles. The zero-order valence-corrected chi connectivity index (χ0v) is 5.78. The van der Waals surface area contributed by atoms with E-state index in [4.69, 9.17) is 0 Å². The van der Waals surface area contributed by atoms with E-state index >= 15 is 0 Å². The minimum Gasteiger partial charge on any atom is -0.317 e. The molecule has 0 bridgehead atoms. The van der Waals surface area contributed by atoms with Gasteiger partial charge in [-0.2, -0.15) is 0 Å². The van der Waals surface area contributed by atoms with E-state index in [1.807, 2.05) is 7.05 Å². The zero-order valence-electron chi connectivity index (χ0n) is 5.78. The van der Waals surface area contributed by atoms with Crippen LogP contribution in [0.5, 0.6) is 0 Å². The van der Waals surface area contributed by atoms with Gasteiger partial charge in [-0.15, -0.1) is 0 Å². The highest BCUT2D eigenvalue weighted by Gasteiger charge is 2.22. The second kappa shape index (κ2) is 2.49. The molecule has 1 rings (SSSR count). The maximum absolute atomic E-state index is 3.24. The number of nitrogens with one attached hydrogen (secondary N) is 1. The van der Waals surface area contributed by atoms with Crippen molar-refractivity contribution in [3.63, 3.8) is 0 Å². The molecule has 1 heteroatoms. The SMILES string of the molecule is CN[C@H](C)CC1CC1. The molecule has 0 aliphatic heterocycles. The molecule has 8 heavy (non-hydrogen) atoms. The van der Waals surface area contributed by atoms with Crippen LogP contribution in [0.25, 0.3) is 0 Å². The van der Waals surface area contributed by atoms with Crippen LogP contribution in [-0.2, 0) is 0 Å². The summed E-state index contributed by atoms with van der Waals surface area (Å²) in [6.07, 6.45) is 4.34. The molecule has 0 radical (unpaired) electrons. The third-order valence-electron chi connectivity index (χ3n) is 1.88. The third kappa shape index (κ3) is 1.83. The van der Waals surface area contributed by atoms with Gasteiger partial charge in [0.15, 0.2) is 0 Å². The van der Waals surface area contributed by atoms with Crippen LogP contribution in [0.2, 0.25) is 0 Å². The maximum Gasteiger partial charge on any atom is 0.00383 e. The predicted molar refractivity (Wildman–Crippen MR) is 35.9 cm³/mol. The zero-order chi connectivity index (χ0) is 5.98. The van der Waals surface area contributed by atoms with Gasteiger partial charge in [0.2, 0.25) is 0 Å². The normalized spacial score (nSPS) is 23.2. The van der Waals surface area contributed by atoms with Crippen molar-refractivity contribution in [1.82, 2.24) is 5.32 Å². The summed E-state index contributed by atoms with van der Waals surface area (Å²) in [7, 11) is 2.03. The Hall–Kier alpha value is -0.0400. The lowest BCUT2D eigenvalue weighted by Gasteiger charge is -2.06. The minimum absolute atomic E-state index is 0.738. The van der Waals surface area contributed by atoms with Gasteiger partial charge in [-0.25, -0.2) is 0 Å². The van der Waals surface area contributed by atoms with Crippen LogP contribution in [-0.4, -0.2) is 13.1 Å². The van der Waals surface area contributed by atoms with Gasteiger partial charge in [0, 0.05) is 6.04 Å². The molecule has 1 fully saturated rings. The summed E-state index contributed by atoms with van der Waals surface area (Å²) < 4.78 is 0. The van der Waals surface area contributed by atoms with Crippen LogP contribution in [0, 0.1) is 5.92 Å². The van der Waals surface area contributed by atoms with E-state index in [9.17, 15) is 0 Å². The van der Waals surface area contributed by atoms with E-state index in [-0.39, 0.29) is 0 Å². The molecule has 1 N–H and O–H groups in total. The molecule has 1 saturated carbocycles. The summed E-state index contributed by atoms with van der Waals surface area (Å²) in [5, 5.41) is 3.24. The average molecular weight is 113 g/mol. The summed E-state index contributed by atoms with van der Waals surface area (Å²) in [4.78, 5) is 0. The quantitative estimate of drug-likeness (QED) is 0.583. The van der Waals surface area contributed by atoms with Crippen LogP contribution in [0.4, 0.5) is 0 Å². The number of rotatable bonds is 3. The molecule has 1 atom stereocenters. The molecule has 0 heterocycles. The van der Waals surface area contributed by atoms with Gasteiger partial charge in [-0.05, 0) is 26.3 Å². The largest absolute Gasteiger partial charge is 0.317 e. The monoisotopic (exact) mass is 113 g/mol. The van der Waals surface area contributed by atoms with E-state index < -0.39 is 0 Å². The second-order valence-electron chi connectivity index (χ2n) is 2.87. The maximum atomic E-state index is 3.24. The summed E-state index contributed by atoms with van der Waals surface area (Å²) in [6.45, 7) is 2.25. The van der Waals surface area contributed by atoms with Gasteiger partial charge < -0.3 is 5.32 Å². The topological polar surface area (TPSA) is 12.0 Å². The van der Waals surface area contributed by atoms with Crippen molar-refractivity contribution in [3.05, 3.63) is 0 Å². The van der Waals surface area contributed by atoms with Gasteiger partial charge >= 0.3 is 0 Å². The number of hydrogen-bond acceptors (Lipinski definition) is 1. The first-order valence-electron chi connectivity index (χ1n) is 3.50. The highest BCUT2D eigenvalue weighted by molar-refractivity contribution is 4.76. The lowest BCUT2D eigenvalue weighted by molar-refractivity contribution is 0.529. The highest BCUT2D eigenvalue weighted by Crippen LogP contribution is 2.33. The number of hydrogen-bond donors (Lipinski definition) is 1. The van der Waals surface area contributed by atoms with Crippen LogP contribution in [0.15, 0.2) is 0 Å². The molecule has 1 nitrogen and oxygen atoms in total. The molecule has 1 aliphatic carbocycles. The molecule has 0 aromatic rings. The molecule has 48 valence electrons. The van der Waals surface area contributed by atoms with Crippen molar-refractivity contribution in [2.45, 2.75) is 32.2 Å². The Morgan fingerprint density at radius 2 is 2.25 bits per heavy atom. The first kappa shape index (κ1) is 6.09. The van der Waals surface area contributed by atoms with Gasteiger partial charge in [0.1, 0.15) is 0 Å². The van der Waals surface area contributed by atoms with Gasteiger partial charge in [0.05, 0.1) is 0 Å². The van der Waals surface area contributed by atoms with Crippen molar-refractivity contribution in [2.75, 3.05) is 7.05 Å². The van der Waals surface area contributed by atoms with Crippen molar-refractivity contribution < 1.29 is 0 Å². The Balaban J connectivity index is 1.98. The van der Waals surface area contributed by atoms with Crippen LogP contribution < -0.4 is 5.32 Å². The van der Waals surface area contributed by atoms with Crippen molar-refractivity contribution in [3.8, 4) is 0 Å². The molecule has 1 aliphatic rings. The Morgan fingerprint density at radius 1 is 1.62 bits per heavy atom. The Morgan fingerprint density at radius 3 is 2.62 bits per heavy atom. The summed E-state index contributed by atoms with van der Waals surface area (Å²) in [5.41, 5.74) is 0. The predicted octanol–water partition coefficient (Wildman–Crippen LogP) is 1.39. The van der Waals surface area contributed by atoms with Crippen LogP contribution in [0.3, 0.4) is 0 Å². The standard InChI is InChI=1S/C7H15N/c1-6(8-2)5-7-3-4-7/h6-8H,3-5H2,1-2H3/t6-/m1/s1. The Bertz CT molecular complexity index is 66.8. The van der Waals surface area contributed by atoms with E-state index in [0.717, 1.165) is 12.0 Å².